The molecule has 8 heteroatoms. The smallest absolute Gasteiger partial charge is 0.329 e. The number of ether oxygens (including phenoxy) is 1. The molecule has 0 heterocycles. The third-order valence-electron chi connectivity index (χ3n) is 2.34. The van der Waals surface area contributed by atoms with Crippen molar-refractivity contribution in [3.63, 3.8) is 0 Å². The number of hydrogen-bond acceptors (Lipinski definition) is 5. The van der Waals surface area contributed by atoms with E-state index in [4.69, 9.17) is 4.74 Å². The molecule has 0 aromatic heterocycles. The first kappa shape index (κ1) is 16.1. The Kier molecular flexibility index (Phi) is 6.10. The van der Waals surface area contributed by atoms with Crippen LogP contribution in [0.3, 0.4) is 0 Å². The first-order valence-electron chi connectivity index (χ1n) is 5.77. The van der Waals surface area contributed by atoms with Crippen LogP contribution in [-0.2, 0) is 20.9 Å². The number of benzene rings is 1. The summed E-state index contributed by atoms with van der Waals surface area (Å²) in [6.07, 6.45) is 0. The molecule has 1 unspecified atom stereocenters. The van der Waals surface area contributed by atoms with Gasteiger partial charge in [0, 0.05) is 18.7 Å². The molecule has 108 valence electrons. The minimum Gasteiger partial charge on any atom is -0.465 e. The Morgan fingerprint density at radius 3 is 2.50 bits per heavy atom. The van der Waals surface area contributed by atoms with Gasteiger partial charge < -0.3 is 10.1 Å². The van der Waals surface area contributed by atoms with Gasteiger partial charge in [0.15, 0.2) is 4.83 Å². The first-order chi connectivity index (χ1) is 9.45. The highest BCUT2D eigenvalue weighted by Gasteiger charge is 2.24. The molecular formula is C12H13BrN2O5. The molecule has 1 aromatic rings. The number of halogens is 1. The molecule has 0 saturated carbocycles. The molecule has 0 aliphatic carbocycles. The SMILES string of the molecule is CCOC(=O)C(Br)C(=O)NCc1ccc([N+](=O)[O-])cc1. The highest BCUT2D eigenvalue weighted by Crippen LogP contribution is 2.12. The van der Waals surface area contributed by atoms with Crippen molar-refractivity contribution in [3.8, 4) is 0 Å². The van der Waals surface area contributed by atoms with E-state index in [2.05, 4.69) is 21.2 Å². The lowest BCUT2D eigenvalue weighted by Gasteiger charge is -2.09. The van der Waals surface area contributed by atoms with Gasteiger partial charge in [-0.05, 0) is 12.5 Å². The molecule has 0 spiro atoms. The maximum absolute atomic E-state index is 11.6. The van der Waals surface area contributed by atoms with Crippen molar-refractivity contribution in [3.05, 3.63) is 39.9 Å². The van der Waals surface area contributed by atoms with Gasteiger partial charge in [-0.15, -0.1) is 0 Å². The van der Waals surface area contributed by atoms with Crippen LogP contribution >= 0.6 is 15.9 Å². The summed E-state index contributed by atoms with van der Waals surface area (Å²) >= 11 is 2.94. The third-order valence-corrected chi connectivity index (χ3v) is 3.13. The lowest BCUT2D eigenvalue weighted by Crippen LogP contribution is -2.36. The van der Waals surface area contributed by atoms with Crippen LogP contribution in [0, 0.1) is 10.1 Å². The van der Waals surface area contributed by atoms with Gasteiger partial charge in [0.2, 0.25) is 5.91 Å². The Morgan fingerprint density at radius 1 is 1.40 bits per heavy atom. The van der Waals surface area contributed by atoms with Gasteiger partial charge in [-0.25, -0.2) is 0 Å². The fourth-order valence-corrected chi connectivity index (χ4v) is 1.63. The number of alkyl halides is 1. The van der Waals surface area contributed by atoms with Crippen molar-refractivity contribution in [1.82, 2.24) is 5.32 Å². The fourth-order valence-electron chi connectivity index (χ4n) is 1.34. The maximum atomic E-state index is 11.6. The van der Waals surface area contributed by atoms with Gasteiger partial charge in [-0.1, -0.05) is 28.1 Å². The Hall–Kier alpha value is -1.96. The van der Waals surface area contributed by atoms with Crippen LogP contribution in [-0.4, -0.2) is 28.2 Å². The molecule has 1 rings (SSSR count). The summed E-state index contributed by atoms with van der Waals surface area (Å²) in [5.74, 6) is -1.18. The van der Waals surface area contributed by atoms with Crippen molar-refractivity contribution in [2.24, 2.45) is 0 Å². The van der Waals surface area contributed by atoms with Crippen LogP contribution < -0.4 is 5.32 Å². The number of nitro groups is 1. The number of esters is 1. The second-order valence-corrected chi connectivity index (χ2v) is 4.67. The number of carbonyl (C=O) groups excluding carboxylic acids is 2. The molecule has 20 heavy (non-hydrogen) atoms. The largest absolute Gasteiger partial charge is 0.465 e. The molecule has 0 bridgehead atoms. The lowest BCUT2D eigenvalue weighted by molar-refractivity contribution is -0.384. The Morgan fingerprint density at radius 2 is 2.00 bits per heavy atom. The van der Waals surface area contributed by atoms with Gasteiger partial charge in [-0.3, -0.25) is 19.7 Å². The average molecular weight is 345 g/mol. The van der Waals surface area contributed by atoms with E-state index in [1.807, 2.05) is 0 Å². The monoisotopic (exact) mass is 344 g/mol. The summed E-state index contributed by atoms with van der Waals surface area (Å²) < 4.78 is 4.70. The predicted molar refractivity (Wildman–Crippen MR) is 74.3 cm³/mol. The topological polar surface area (TPSA) is 98.5 Å². The molecule has 1 N–H and O–H groups in total. The Balaban J connectivity index is 2.52. The van der Waals surface area contributed by atoms with E-state index >= 15 is 0 Å². The number of nitrogens with zero attached hydrogens (tertiary/aromatic N) is 1. The van der Waals surface area contributed by atoms with Crippen LogP contribution in [0.4, 0.5) is 5.69 Å². The molecule has 0 fully saturated rings. The van der Waals surface area contributed by atoms with Gasteiger partial charge >= 0.3 is 5.97 Å². The van der Waals surface area contributed by atoms with E-state index in [-0.39, 0.29) is 18.8 Å². The minimum absolute atomic E-state index is 0.0232. The zero-order chi connectivity index (χ0) is 15.1. The highest BCUT2D eigenvalue weighted by atomic mass is 79.9. The number of nitrogens with one attached hydrogen (secondary N) is 1. The third kappa shape index (κ3) is 4.61. The highest BCUT2D eigenvalue weighted by molar-refractivity contribution is 9.10. The molecule has 0 radical (unpaired) electrons. The van der Waals surface area contributed by atoms with E-state index in [1.54, 1.807) is 6.92 Å². The number of rotatable bonds is 6. The zero-order valence-electron chi connectivity index (χ0n) is 10.7. The second kappa shape index (κ2) is 7.59. The fraction of sp³-hybridized carbons (Fsp3) is 0.333. The summed E-state index contributed by atoms with van der Waals surface area (Å²) in [6.45, 7) is 2.00. The van der Waals surface area contributed by atoms with E-state index in [9.17, 15) is 19.7 Å². The zero-order valence-corrected chi connectivity index (χ0v) is 12.3. The minimum atomic E-state index is -1.07. The lowest BCUT2D eigenvalue weighted by atomic mass is 10.2. The molecule has 1 amide bonds. The average Bonchev–Trinajstić information content (AvgIpc) is 2.44. The first-order valence-corrected chi connectivity index (χ1v) is 6.69. The van der Waals surface area contributed by atoms with Crippen molar-refractivity contribution in [2.75, 3.05) is 6.61 Å². The number of non-ortho nitro benzene ring substituents is 1. The van der Waals surface area contributed by atoms with Crippen LogP contribution in [0.2, 0.25) is 0 Å². The summed E-state index contributed by atoms with van der Waals surface area (Å²) in [6, 6.07) is 5.76. The maximum Gasteiger partial charge on any atom is 0.329 e. The summed E-state index contributed by atoms with van der Waals surface area (Å²) in [7, 11) is 0. The molecular weight excluding hydrogens is 332 g/mol. The normalized spacial score (nSPS) is 11.5. The molecule has 0 aliphatic rings. The van der Waals surface area contributed by atoms with Crippen molar-refractivity contribution in [2.45, 2.75) is 18.3 Å². The van der Waals surface area contributed by atoms with Crippen molar-refractivity contribution in [1.29, 1.82) is 0 Å². The van der Waals surface area contributed by atoms with E-state index in [0.29, 0.717) is 5.56 Å². The number of amides is 1. The Bertz CT molecular complexity index is 503. The van der Waals surface area contributed by atoms with Crippen molar-refractivity contribution < 1.29 is 19.2 Å². The van der Waals surface area contributed by atoms with Gasteiger partial charge in [0.25, 0.3) is 5.69 Å². The molecule has 0 saturated heterocycles. The number of nitro benzene ring substituents is 1. The van der Waals surface area contributed by atoms with Gasteiger partial charge in [0.1, 0.15) is 0 Å². The Labute approximate surface area is 123 Å². The number of hydrogen-bond donors (Lipinski definition) is 1. The molecule has 1 aromatic carbocycles. The van der Waals surface area contributed by atoms with Crippen LogP contribution in [0.1, 0.15) is 12.5 Å². The van der Waals surface area contributed by atoms with E-state index in [0.717, 1.165) is 0 Å². The predicted octanol–water partition coefficient (Wildman–Crippen LogP) is 1.54. The van der Waals surface area contributed by atoms with Gasteiger partial charge in [-0.2, -0.15) is 0 Å². The van der Waals surface area contributed by atoms with Crippen molar-refractivity contribution >= 4 is 33.5 Å². The summed E-state index contributed by atoms with van der Waals surface area (Å²) in [5.41, 5.74) is 0.664. The summed E-state index contributed by atoms with van der Waals surface area (Å²) in [5, 5.41) is 13.0. The standard InChI is InChI=1S/C12H13BrN2O5/c1-2-20-12(17)10(13)11(16)14-7-8-3-5-9(6-4-8)15(18)19/h3-6,10H,2,7H2,1H3,(H,14,16). The quantitative estimate of drug-likeness (QED) is 0.277. The van der Waals surface area contributed by atoms with Crippen LogP contribution in [0.5, 0.6) is 0 Å². The molecule has 0 aliphatic heterocycles. The van der Waals surface area contributed by atoms with E-state index < -0.39 is 21.6 Å². The number of carbonyl (C=O) groups is 2. The van der Waals surface area contributed by atoms with Gasteiger partial charge in [0.05, 0.1) is 11.5 Å². The van der Waals surface area contributed by atoms with Crippen LogP contribution in [0.15, 0.2) is 24.3 Å². The molecule has 7 nitrogen and oxygen atoms in total. The second-order valence-electron chi connectivity index (χ2n) is 3.76. The van der Waals surface area contributed by atoms with E-state index in [1.165, 1.54) is 24.3 Å². The van der Waals surface area contributed by atoms with Crippen LogP contribution in [0.25, 0.3) is 0 Å². The summed E-state index contributed by atoms with van der Waals surface area (Å²) in [4.78, 5) is 31.9. The molecule has 1 atom stereocenters.